The van der Waals surface area contributed by atoms with Crippen molar-refractivity contribution in [2.45, 2.75) is 19.4 Å². The molecular weight excluding hydrogens is 412 g/mol. The zero-order valence-electron chi connectivity index (χ0n) is 17.3. The van der Waals surface area contributed by atoms with E-state index in [0.29, 0.717) is 23.7 Å². The van der Waals surface area contributed by atoms with Crippen molar-refractivity contribution < 1.29 is 4.79 Å². The van der Waals surface area contributed by atoms with E-state index < -0.39 is 0 Å². The quantitative estimate of drug-likeness (QED) is 0.429. The Kier molecular flexibility index (Phi) is 5.86. The number of benzene rings is 2. The van der Waals surface area contributed by atoms with Crippen LogP contribution in [0.4, 0.5) is 5.69 Å². The van der Waals surface area contributed by atoms with Gasteiger partial charge in [0.2, 0.25) is 6.41 Å². The summed E-state index contributed by atoms with van der Waals surface area (Å²) in [6.07, 6.45) is 5.32. The number of allylic oxidation sites excluding steroid dienone is 1. The Morgan fingerprint density at radius 3 is 2.84 bits per heavy atom. The Morgan fingerprint density at radius 1 is 1.32 bits per heavy atom. The fourth-order valence-corrected chi connectivity index (χ4v) is 4.20. The van der Waals surface area contributed by atoms with Crippen molar-refractivity contribution in [3.8, 4) is 11.1 Å². The van der Waals surface area contributed by atoms with Gasteiger partial charge in [-0.05, 0) is 48.7 Å². The first-order valence-corrected chi connectivity index (χ1v) is 10.3. The molecule has 3 aromatic rings. The second kappa shape index (κ2) is 8.73. The molecule has 158 valence electrons. The number of hydrogen-bond acceptors (Lipinski definition) is 5. The highest BCUT2D eigenvalue weighted by Gasteiger charge is 2.28. The van der Waals surface area contributed by atoms with Crippen LogP contribution >= 0.6 is 11.6 Å². The number of nitrogens with zero attached hydrogens (tertiary/aromatic N) is 4. The highest BCUT2D eigenvalue weighted by molar-refractivity contribution is 6.30. The van der Waals surface area contributed by atoms with Crippen LogP contribution in [-0.2, 0) is 11.8 Å². The lowest BCUT2D eigenvalue weighted by molar-refractivity contribution is -0.107. The monoisotopic (exact) mass is 434 g/mol. The van der Waals surface area contributed by atoms with Crippen LogP contribution in [0, 0.1) is 5.53 Å². The molecule has 1 aliphatic rings. The van der Waals surface area contributed by atoms with Crippen LogP contribution in [-0.4, -0.2) is 22.7 Å². The van der Waals surface area contributed by atoms with E-state index in [1.165, 1.54) is 0 Å². The number of carbonyl (C=O) groups is 1. The lowest BCUT2D eigenvalue weighted by Gasteiger charge is -2.29. The Morgan fingerprint density at radius 2 is 2.16 bits per heavy atom. The number of halogens is 1. The minimum absolute atomic E-state index is 0.217. The highest BCUT2D eigenvalue weighted by atomic mass is 35.5. The minimum atomic E-state index is -0.217. The topological polar surface area (TPSA) is 86.4 Å². The molecule has 1 atom stereocenters. The molecule has 2 heterocycles. The van der Waals surface area contributed by atoms with E-state index in [1.807, 2.05) is 50.6 Å². The molecule has 0 fully saturated rings. The summed E-state index contributed by atoms with van der Waals surface area (Å²) < 4.78 is 1.76. The first-order chi connectivity index (χ1) is 15.0. The van der Waals surface area contributed by atoms with Crippen molar-refractivity contribution in [1.82, 2.24) is 15.1 Å². The van der Waals surface area contributed by atoms with Gasteiger partial charge in [-0.25, -0.2) is 5.53 Å². The van der Waals surface area contributed by atoms with E-state index in [4.69, 9.17) is 17.1 Å². The van der Waals surface area contributed by atoms with Crippen LogP contribution < -0.4 is 10.2 Å². The first kappa shape index (κ1) is 20.8. The Hall–Kier alpha value is -3.45. The molecule has 31 heavy (non-hydrogen) atoms. The molecule has 1 aromatic heterocycles. The predicted molar refractivity (Wildman–Crippen MR) is 122 cm³/mol. The molecule has 0 bridgehead atoms. The molecule has 8 heteroatoms. The highest BCUT2D eigenvalue weighted by Crippen LogP contribution is 2.38. The van der Waals surface area contributed by atoms with E-state index >= 15 is 0 Å². The molecule has 1 unspecified atom stereocenters. The van der Waals surface area contributed by atoms with Gasteiger partial charge in [0, 0.05) is 41.6 Å². The number of aromatic nitrogens is 2. The summed E-state index contributed by atoms with van der Waals surface area (Å²) in [6.45, 7) is 2.44. The van der Waals surface area contributed by atoms with E-state index in [1.54, 1.807) is 21.7 Å². The molecular formula is C23H23ClN6O. The summed E-state index contributed by atoms with van der Waals surface area (Å²) in [6, 6.07) is 13.2. The van der Waals surface area contributed by atoms with Gasteiger partial charge in [0.1, 0.15) is 0 Å². The molecule has 0 spiro atoms. The van der Waals surface area contributed by atoms with Crippen molar-refractivity contribution >= 4 is 29.4 Å². The van der Waals surface area contributed by atoms with Gasteiger partial charge in [0.15, 0.2) is 0 Å². The Balaban J connectivity index is 1.90. The number of fused-ring (bicyclic) bond motifs is 1. The van der Waals surface area contributed by atoms with Crippen molar-refractivity contribution in [2.24, 2.45) is 12.2 Å². The summed E-state index contributed by atoms with van der Waals surface area (Å²) in [7, 11) is 1.88. The number of rotatable bonds is 5. The van der Waals surface area contributed by atoms with Crippen LogP contribution in [0.3, 0.4) is 0 Å². The average molecular weight is 435 g/mol. The van der Waals surface area contributed by atoms with E-state index in [9.17, 15) is 4.79 Å². The molecule has 4 rings (SSSR count). The average Bonchev–Trinajstić information content (AvgIpc) is 3.12. The van der Waals surface area contributed by atoms with Crippen LogP contribution in [0.15, 0.2) is 65.7 Å². The van der Waals surface area contributed by atoms with E-state index in [2.05, 4.69) is 21.6 Å². The van der Waals surface area contributed by atoms with Crippen molar-refractivity contribution in [3.05, 3.63) is 76.7 Å². The number of hydrogen-bond donors (Lipinski definition) is 2. The summed E-state index contributed by atoms with van der Waals surface area (Å²) >= 11 is 6.20. The van der Waals surface area contributed by atoms with Crippen LogP contribution in [0.5, 0.6) is 0 Å². The Bertz CT molecular complexity index is 1170. The number of carbonyl (C=O) groups excluding carboxylic acids is 1. The van der Waals surface area contributed by atoms with Gasteiger partial charge < -0.3 is 10.2 Å². The third-order valence-electron chi connectivity index (χ3n) is 5.52. The molecule has 1 amide bonds. The lowest BCUT2D eigenvalue weighted by Crippen LogP contribution is -2.28. The van der Waals surface area contributed by atoms with Crippen molar-refractivity contribution in [1.29, 1.82) is 5.53 Å². The van der Waals surface area contributed by atoms with Gasteiger partial charge in [0.05, 0.1) is 23.6 Å². The molecule has 7 nitrogen and oxygen atoms in total. The minimum Gasteiger partial charge on any atom is -0.383 e. The fraction of sp³-hybridized carbons (Fsp3) is 0.217. The molecule has 2 aromatic carbocycles. The van der Waals surface area contributed by atoms with Crippen molar-refractivity contribution in [3.63, 3.8) is 0 Å². The maximum atomic E-state index is 12.3. The van der Waals surface area contributed by atoms with Crippen LogP contribution in [0.1, 0.15) is 30.5 Å². The van der Waals surface area contributed by atoms with E-state index in [-0.39, 0.29) is 6.04 Å². The van der Waals surface area contributed by atoms with Crippen molar-refractivity contribution in [2.75, 3.05) is 11.4 Å². The predicted octanol–water partition coefficient (Wildman–Crippen LogP) is 5.16. The molecule has 2 N–H and O–H groups in total. The lowest BCUT2D eigenvalue weighted by atomic mass is 9.92. The summed E-state index contributed by atoms with van der Waals surface area (Å²) in [5.41, 5.74) is 13.6. The summed E-state index contributed by atoms with van der Waals surface area (Å²) in [5.74, 6) is 0. The van der Waals surface area contributed by atoms with Crippen LogP contribution in [0.25, 0.3) is 16.8 Å². The number of nitrogens with one attached hydrogen (secondary N) is 2. The third-order valence-corrected chi connectivity index (χ3v) is 5.76. The molecule has 0 aliphatic carbocycles. The van der Waals surface area contributed by atoms with Gasteiger partial charge >= 0.3 is 0 Å². The van der Waals surface area contributed by atoms with Gasteiger partial charge in [-0.15, -0.1) is 0 Å². The van der Waals surface area contributed by atoms with Gasteiger partial charge in [0.25, 0.3) is 0 Å². The maximum Gasteiger partial charge on any atom is 0.214 e. The fourth-order valence-electron chi connectivity index (χ4n) is 4.02. The van der Waals surface area contributed by atoms with E-state index in [0.717, 1.165) is 40.0 Å². The number of anilines is 1. The largest absolute Gasteiger partial charge is 0.383 e. The van der Waals surface area contributed by atoms with Crippen LogP contribution in [0.2, 0.25) is 5.02 Å². The Labute approximate surface area is 185 Å². The molecule has 0 saturated heterocycles. The molecule has 0 saturated carbocycles. The van der Waals surface area contributed by atoms with Gasteiger partial charge in [-0.2, -0.15) is 10.2 Å². The van der Waals surface area contributed by atoms with Gasteiger partial charge in [-0.1, -0.05) is 29.8 Å². The maximum absolute atomic E-state index is 12.3. The smallest absolute Gasteiger partial charge is 0.214 e. The standard InChI is InChI=1S/C23H23ClN6O/c1-15(28-25)23-20-7-6-16(17-12-27-29(2)13-17)10-21(20)22(8-9-26-23)30(14-31)19-5-3-4-18(24)11-19/h3-7,10-14,22,25-26H,8-9H2,1-2H3/b23-15-,28-25?. The normalized spacial score (nSPS) is 17.2. The number of amides is 1. The second-order valence-electron chi connectivity index (χ2n) is 7.50. The zero-order chi connectivity index (χ0) is 22.0. The molecule has 1 aliphatic heterocycles. The second-order valence-corrected chi connectivity index (χ2v) is 7.94. The SMILES string of the molecule is C/C(N=N)=C1/NCCC(N(C=O)c2cccc(Cl)c2)c2cc(-c3cnn(C)c3)ccc21. The third kappa shape index (κ3) is 4.09. The molecule has 0 radical (unpaired) electrons. The summed E-state index contributed by atoms with van der Waals surface area (Å²) in [4.78, 5) is 14.0. The first-order valence-electron chi connectivity index (χ1n) is 9.96. The van der Waals surface area contributed by atoms with Gasteiger partial charge in [-0.3, -0.25) is 9.48 Å². The zero-order valence-corrected chi connectivity index (χ0v) is 18.1. The summed E-state index contributed by atoms with van der Waals surface area (Å²) in [5, 5.41) is 11.9. The number of aryl methyl sites for hydroxylation is 1.